The second-order valence-electron chi connectivity index (χ2n) is 1.99. The fourth-order valence-corrected chi connectivity index (χ4v) is 1.05. The van der Waals surface area contributed by atoms with Crippen molar-refractivity contribution in [2.45, 2.75) is 6.42 Å². The van der Waals surface area contributed by atoms with Crippen molar-refractivity contribution >= 4 is 26.4 Å². The molecule has 0 atom stereocenters. The van der Waals surface area contributed by atoms with Crippen molar-refractivity contribution in [2.24, 2.45) is 4.99 Å². The van der Waals surface area contributed by atoms with Gasteiger partial charge in [0.1, 0.15) is 0 Å². The maximum Gasteiger partial charge on any atom is 0.166 e. The molecule has 3 heteroatoms. The summed E-state index contributed by atoms with van der Waals surface area (Å²) in [6.45, 7) is 1.08. The predicted molar refractivity (Wildman–Crippen MR) is 47.8 cm³/mol. The topological polar surface area (TPSA) is 15.6 Å². The Morgan fingerprint density at radius 2 is 2.56 bits per heavy atom. The lowest BCUT2D eigenvalue weighted by molar-refractivity contribution is 0.529. The molecule has 1 aliphatic heterocycles. The minimum atomic E-state index is 1.07. The van der Waals surface area contributed by atoms with Gasteiger partial charge in [-0.05, 0) is 29.0 Å². The van der Waals surface area contributed by atoms with E-state index in [4.69, 9.17) is 0 Å². The molecule has 9 heavy (non-hydrogen) atoms. The third kappa shape index (κ3) is 1.97. The third-order valence-corrected chi connectivity index (χ3v) is 2.33. The summed E-state index contributed by atoms with van der Waals surface area (Å²) in [7, 11) is 2.05. The van der Waals surface area contributed by atoms with Crippen LogP contribution in [-0.2, 0) is 0 Å². The lowest BCUT2D eigenvalue weighted by atomic mass is 10.4. The Morgan fingerprint density at radius 3 is 3.33 bits per heavy atom. The summed E-state index contributed by atoms with van der Waals surface area (Å²) in [6, 6.07) is 0. The Morgan fingerprint density at radius 1 is 1.78 bits per heavy atom. The smallest absolute Gasteiger partial charge is 0.166 e. The molecular formula is C6H9IN2. The maximum atomic E-state index is 4.15. The molecule has 0 aliphatic carbocycles. The number of hydrogen-bond donors (Lipinski definition) is 0. The summed E-state index contributed by atoms with van der Waals surface area (Å²) < 4.78 is 1.07. The van der Waals surface area contributed by atoms with Crippen molar-refractivity contribution in [3.63, 3.8) is 0 Å². The summed E-state index contributed by atoms with van der Waals surface area (Å²) in [4.78, 5) is 6.29. The molecular weight excluding hydrogens is 227 g/mol. The largest absolute Gasteiger partial charge is 0.354 e. The zero-order valence-electron chi connectivity index (χ0n) is 5.34. The van der Waals surface area contributed by atoms with Crippen molar-refractivity contribution < 1.29 is 0 Å². The molecule has 1 aliphatic rings. The number of rotatable bonds is 0. The van der Waals surface area contributed by atoms with Crippen LogP contribution in [-0.4, -0.2) is 22.3 Å². The number of hydrogen-bond acceptors (Lipinski definition) is 2. The van der Waals surface area contributed by atoms with Crippen LogP contribution in [0.3, 0.4) is 0 Å². The molecule has 0 fully saturated rings. The Hall–Kier alpha value is -0.0600. The van der Waals surface area contributed by atoms with Crippen molar-refractivity contribution in [1.82, 2.24) is 4.90 Å². The van der Waals surface area contributed by atoms with E-state index in [1.54, 1.807) is 0 Å². The van der Waals surface area contributed by atoms with Crippen LogP contribution in [0.1, 0.15) is 6.42 Å². The zero-order chi connectivity index (χ0) is 6.69. The molecule has 0 amide bonds. The number of aliphatic imine (C=N–C) groups is 1. The molecule has 0 aromatic heterocycles. The van der Waals surface area contributed by atoms with Gasteiger partial charge in [-0.3, -0.25) is 0 Å². The monoisotopic (exact) mass is 236 g/mol. The van der Waals surface area contributed by atoms with Gasteiger partial charge in [0.05, 0.1) is 0 Å². The first-order valence-electron chi connectivity index (χ1n) is 2.90. The van der Waals surface area contributed by atoms with E-state index in [9.17, 15) is 0 Å². The van der Waals surface area contributed by atoms with E-state index in [1.807, 2.05) is 6.20 Å². The van der Waals surface area contributed by atoms with Crippen LogP contribution < -0.4 is 0 Å². The molecule has 0 radical (unpaired) electrons. The van der Waals surface area contributed by atoms with Gasteiger partial charge in [-0.1, -0.05) is 6.08 Å². The average molecular weight is 236 g/mol. The van der Waals surface area contributed by atoms with Crippen molar-refractivity contribution in [3.05, 3.63) is 12.3 Å². The standard InChI is InChI=1S/C6H9IN2/c1-9-5-3-2-4-8-6(9)7/h2,4H,3,5H2,1H3. The van der Waals surface area contributed by atoms with Gasteiger partial charge in [-0.25, -0.2) is 4.99 Å². The molecule has 0 unspecified atom stereocenters. The molecule has 2 nitrogen and oxygen atoms in total. The fraction of sp³-hybridized carbons (Fsp3) is 0.500. The van der Waals surface area contributed by atoms with Crippen LogP contribution in [0.2, 0.25) is 0 Å². The summed E-state index contributed by atoms with van der Waals surface area (Å²) in [5.41, 5.74) is 0. The van der Waals surface area contributed by atoms with Crippen LogP contribution in [0.5, 0.6) is 0 Å². The lowest BCUT2D eigenvalue weighted by Gasteiger charge is -2.12. The van der Waals surface area contributed by atoms with Crippen molar-refractivity contribution in [1.29, 1.82) is 0 Å². The highest BCUT2D eigenvalue weighted by molar-refractivity contribution is 14.1. The average Bonchev–Trinajstić information content (AvgIpc) is 1.99. The first kappa shape index (κ1) is 7.05. The molecule has 0 aromatic carbocycles. The van der Waals surface area contributed by atoms with Gasteiger partial charge >= 0.3 is 0 Å². The Labute approximate surface area is 68.8 Å². The third-order valence-electron chi connectivity index (χ3n) is 1.23. The van der Waals surface area contributed by atoms with E-state index in [1.165, 1.54) is 0 Å². The van der Waals surface area contributed by atoms with Gasteiger partial charge in [0.25, 0.3) is 0 Å². The summed E-state index contributed by atoms with van der Waals surface area (Å²) in [5.74, 6) is 0. The lowest BCUT2D eigenvalue weighted by Crippen LogP contribution is -2.21. The normalized spacial score (nSPS) is 19.3. The molecule has 1 heterocycles. The first-order valence-corrected chi connectivity index (χ1v) is 3.98. The van der Waals surface area contributed by atoms with Gasteiger partial charge in [0, 0.05) is 19.8 Å². The number of halogens is 1. The van der Waals surface area contributed by atoms with Crippen molar-refractivity contribution in [2.75, 3.05) is 13.6 Å². The second kappa shape index (κ2) is 3.20. The Balaban J connectivity index is 2.63. The predicted octanol–water partition coefficient (Wildman–Crippen LogP) is 1.63. The summed E-state index contributed by atoms with van der Waals surface area (Å²) in [5, 5.41) is 0. The van der Waals surface area contributed by atoms with Gasteiger partial charge in [0.15, 0.2) is 3.84 Å². The van der Waals surface area contributed by atoms with E-state index < -0.39 is 0 Å². The molecule has 0 aromatic rings. The molecule has 0 saturated carbocycles. The van der Waals surface area contributed by atoms with Crippen LogP contribution in [0.4, 0.5) is 0 Å². The molecule has 0 N–H and O–H groups in total. The second-order valence-corrected chi connectivity index (χ2v) is 2.96. The van der Waals surface area contributed by atoms with Gasteiger partial charge in [-0.15, -0.1) is 0 Å². The number of amidine groups is 1. The fourth-order valence-electron chi connectivity index (χ4n) is 0.648. The van der Waals surface area contributed by atoms with E-state index in [0.29, 0.717) is 0 Å². The van der Waals surface area contributed by atoms with E-state index in [0.717, 1.165) is 16.8 Å². The SMILES string of the molecule is CN1CCC=CN=C1I. The van der Waals surface area contributed by atoms with Crippen molar-refractivity contribution in [3.8, 4) is 0 Å². The first-order chi connectivity index (χ1) is 4.30. The van der Waals surface area contributed by atoms with Crippen LogP contribution >= 0.6 is 22.6 Å². The quantitative estimate of drug-likeness (QED) is 0.461. The van der Waals surface area contributed by atoms with Crippen LogP contribution in [0, 0.1) is 0 Å². The van der Waals surface area contributed by atoms with Crippen LogP contribution in [0.15, 0.2) is 17.3 Å². The molecule has 1 rings (SSSR count). The van der Waals surface area contributed by atoms with E-state index >= 15 is 0 Å². The van der Waals surface area contributed by atoms with Gasteiger partial charge in [0.2, 0.25) is 0 Å². The molecule has 50 valence electrons. The summed E-state index contributed by atoms with van der Waals surface area (Å²) in [6.07, 6.45) is 5.06. The minimum absolute atomic E-state index is 1.07. The highest BCUT2D eigenvalue weighted by Crippen LogP contribution is 2.03. The van der Waals surface area contributed by atoms with Crippen LogP contribution in [0.25, 0.3) is 0 Å². The number of nitrogens with zero attached hydrogens (tertiary/aromatic N) is 2. The van der Waals surface area contributed by atoms with E-state index in [-0.39, 0.29) is 0 Å². The Kier molecular flexibility index (Phi) is 2.50. The van der Waals surface area contributed by atoms with E-state index in [2.05, 4.69) is 45.6 Å². The highest BCUT2D eigenvalue weighted by atomic mass is 127. The summed E-state index contributed by atoms with van der Waals surface area (Å²) >= 11 is 2.23. The van der Waals surface area contributed by atoms with Gasteiger partial charge < -0.3 is 4.90 Å². The molecule has 0 bridgehead atoms. The molecule has 0 saturated heterocycles. The highest BCUT2D eigenvalue weighted by Gasteiger charge is 2.00. The maximum absolute atomic E-state index is 4.15. The molecule has 0 spiro atoms. The van der Waals surface area contributed by atoms with Gasteiger partial charge in [-0.2, -0.15) is 0 Å². The Bertz CT molecular complexity index is 151. The zero-order valence-corrected chi connectivity index (χ0v) is 7.50. The minimum Gasteiger partial charge on any atom is -0.354 e.